The minimum absolute atomic E-state index is 0.0835. The van der Waals surface area contributed by atoms with Crippen LogP contribution in [0.1, 0.15) is 6.42 Å². The Labute approximate surface area is 210 Å². The second-order valence-corrected chi connectivity index (χ2v) is 12.4. The Morgan fingerprint density at radius 1 is 0.697 bits per heavy atom. The summed E-state index contributed by atoms with van der Waals surface area (Å²) in [5.74, 6) is 3.29. The average Bonchev–Trinajstić information content (AvgIpc) is 3.37. The summed E-state index contributed by atoms with van der Waals surface area (Å²) < 4.78 is 17.1. The predicted octanol–water partition coefficient (Wildman–Crippen LogP) is -2.14. The van der Waals surface area contributed by atoms with E-state index in [1.807, 2.05) is 0 Å². The monoisotopic (exact) mass is 682 g/mol. The van der Waals surface area contributed by atoms with Gasteiger partial charge < -0.3 is 40.1 Å². The van der Waals surface area contributed by atoms with E-state index >= 15 is 0 Å². The minimum atomic E-state index is -1.75. The van der Waals surface area contributed by atoms with E-state index in [1.54, 1.807) is 21.4 Å². The van der Waals surface area contributed by atoms with Crippen molar-refractivity contribution in [3.05, 3.63) is 106 Å². The molecule has 0 amide bonds. The molecule has 4 rings (SSSR count). The molecule has 176 valence electrons. The van der Waals surface area contributed by atoms with E-state index < -0.39 is 10.2 Å². The SMILES string of the molecule is COc1ccc([I+]C2=C([I+]c3ccc(OC)cc3)C3C=CC2C3)cc1.O=[N+]([O-])[O-].O=[N+]([O-])[O-]. The largest absolute Gasteiger partial charge is 0.497 e. The van der Waals surface area contributed by atoms with Gasteiger partial charge in [0.2, 0.25) is 7.16 Å². The normalized spacial score (nSPS) is 17.4. The van der Waals surface area contributed by atoms with Gasteiger partial charge in [-0.25, -0.2) is 0 Å². The molecular weight excluding hydrogens is 662 g/mol. The fraction of sp³-hybridized carbons (Fsp3) is 0.238. The van der Waals surface area contributed by atoms with Crippen LogP contribution in [0.4, 0.5) is 0 Å². The third-order valence-electron chi connectivity index (χ3n) is 4.48. The van der Waals surface area contributed by atoms with Gasteiger partial charge in [-0.15, -0.1) is 0 Å². The van der Waals surface area contributed by atoms with Crippen LogP contribution in [-0.4, -0.2) is 24.4 Å². The Balaban J connectivity index is 0.000000420. The molecule has 2 aromatic rings. The van der Waals surface area contributed by atoms with Gasteiger partial charge in [0.15, 0.2) is 7.14 Å². The molecule has 0 saturated heterocycles. The van der Waals surface area contributed by atoms with Crippen molar-refractivity contribution in [2.24, 2.45) is 11.8 Å². The standard InChI is InChI=1S/C21H20I2O2.2NO3/c1-24-18-9-5-16(6-10-18)22-20-14-3-4-15(13-14)21(20)23-17-7-11-19(25-2)12-8-17;2*2-1(3)4/h3-12,14-15H,13H2,1-2H3;;/q+2;2*-1. The highest BCUT2D eigenvalue weighted by atomic mass is 127. The average molecular weight is 682 g/mol. The van der Waals surface area contributed by atoms with Gasteiger partial charge in [-0.1, -0.05) is 12.2 Å². The van der Waals surface area contributed by atoms with Crippen LogP contribution < -0.4 is 51.9 Å². The molecule has 0 saturated carbocycles. The molecule has 12 heteroatoms. The molecule has 0 radical (unpaired) electrons. The topological polar surface area (TPSA) is 151 Å². The van der Waals surface area contributed by atoms with Gasteiger partial charge in [0.25, 0.3) is 0 Å². The van der Waals surface area contributed by atoms with Gasteiger partial charge in [-0.05, 0) is 55.0 Å². The molecule has 0 aliphatic heterocycles. The first-order valence-electron chi connectivity index (χ1n) is 9.36. The number of fused-ring (bicyclic) bond motifs is 2. The fourth-order valence-corrected chi connectivity index (χ4v) is 10.3. The van der Waals surface area contributed by atoms with E-state index in [9.17, 15) is 0 Å². The summed E-state index contributed by atoms with van der Waals surface area (Å²) >= 11 is -0.167. The summed E-state index contributed by atoms with van der Waals surface area (Å²) in [5.41, 5.74) is 0. The summed E-state index contributed by atoms with van der Waals surface area (Å²) in [7, 11) is 3.45. The molecule has 0 aromatic heterocycles. The maximum atomic E-state index is 8.25. The zero-order valence-electron chi connectivity index (χ0n) is 17.6. The molecule has 2 atom stereocenters. The van der Waals surface area contributed by atoms with Gasteiger partial charge in [0, 0.05) is 0 Å². The number of hydrogen-bond acceptors (Lipinski definition) is 8. The zero-order valence-corrected chi connectivity index (χ0v) is 21.9. The highest BCUT2D eigenvalue weighted by molar-refractivity contribution is 5.30. The van der Waals surface area contributed by atoms with Crippen molar-refractivity contribution >= 4 is 0 Å². The summed E-state index contributed by atoms with van der Waals surface area (Å²) in [6.45, 7) is 0. The highest BCUT2D eigenvalue weighted by Gasteiger charge is 2.50. The molecule has 0 N–H and O–H groups in total. The van der Waals surface area contributed by atoms with Gasteiger partial charge in [0.1, 0.15) is 11.5 Å². The second kappa shape index (κ2) is 13.2. The predicted molar refractivity (Wildman–Crippen MR) is 112 cm³/mol. The van der Waals surface area contributed by atoms with Crippen molar-refractivity contribution < 1.29 is 62.1 Å². The van der Waals surface area contributed by atoms with Crippen LogP contribution in [0.2, 0.25) is 0 Å². The number of allylic oxidation sites excluding steroid dienone is 4. The quantitative estimate of drug-likeness (QED) is 0.145. The van der Waals surface area contributed by atoms with E-state index in [2.05, 4.69) is 60.7 Å². The molecular formula is C21H20I2N2O8. The van der Waals surface area contributed by atoms with Crippen molar-refractivity contribution in [3.8, 4) is 11.5 Å². The van der Waals surface area contributed by atoms with Gasteiger partial charge >= 0.3 is 42.4 Å². The van der Waals surface area contributed by atoms with E-state index in [0.717, 1.165) is 11.5 Å². The number of hydrogen-bond donors (Lipinski definition) is 0. The first-order chi connectivity index (χ1) is 15.7. The maximum Gasteiger partial charge on any atom is 0.358 e. The lowest BCUT2D eigenvalue weighted by molar-refractivity contribution is -0.622. The van der Waals surface area contributed by atoms with Crippen LogP contribution in [0.3, 0.4) is 0 Å². The Kier molecular flexibility index (Phi) is 10.6. The Hall–Kier alpha value is -2.62. The smallest absolute Gasteiger partial charge is 0.358 e. The van der Waals surface area contributed by atoms with Crippen LogP contribution >= 0.6 is 0 Å². The van der Waals surface area contributed by atoms with Crippen LogP contribution in [0.15, 0.2) is 67.8 Å². The molecule has 2 aliphatic rings. The Bertz CT molecular complexity index is 922. The second-order valence-electron chi connectivity index (χ2n) is 6.48. The number of methoxy groups -OCH3 is 2. The van der Waals surface area contributed by atoms with Crippen LogP contribution in [0.25, 0.3) is 0 Å². The van der Waals surface area contributed by atoms with Crippen LogP contribution in [-0.2, 0) is 0 Å². The van der Waals surface area contributed by atoms with Crippen molar-refractivity contribution in [3.63, 3.8) is 0 Å². The van der Waals surface area contributed by atoms with Crippen LogP contribution in [0, 0.1) is 49.6 Å². The van der Waals surface area contributed by atoms with Gasteiger partial charge in [-0.3, -0.25) is 0 Å². The third-order valence-corrected chi connectivity index (χ3v) is 12.1. The molecule has 2 unspecified atom stereocenters. The number of ether oxygens (including phenoxy) is 2. The summed E-state index contributed by atoms with van der Waals surface area (Å²) in [6.07, 6.45) is 6.21. The minimum Gasteiger partial charge on any atom is -0.497 e. The fourth-order valence-electron chi connectivity index (χ4n) is 3.16. The number of rotatable bonds is 6. The van der Waals surface area contributed by atoms with Crippen molar-refractivity contribution in [2.75, 3.05) is 14.2 Å². The van der Waals surface area contributed by atoms with Gasteiger partial charge in [0.05, 0.1) is 36.2 Å². The lowest BCUT2D eigenvalue weighted by Crippen LogP contribution is -3.66. The van der Waals surface area contributed by atoms with Crippen molar-refractivity contribution in [1.29, 1.82) is 0 Å². The number of nitrogens with zero attached hydrogens (tertiary/aromatic N) is 2. The Morgan fingerprint density at radius 3 is 1.27 bits per heavy atom. The highest BCUT2D eigenvalue weighted by Crippen LogP contribution is 2.36. The van der Waals surface area contributed by atoms with Crippen LogP contribution in [0.5, 0.6) is 11.5 Å². The summed E-state index contributed by atoms with van der Waals surface area (Å²) in [5, 5.41) is 29.5. The van der Waals surface area contributed by atoms with Crippen molar-refractivity contribution in [2.45, 2.75) is 6.42 Å². The zero-order chi connectivity index (χ0) is 24.4. The van der Waals surface area contributed by atoms with E-state index in [-0.39, 0.29) is 42.4 Å². The van der Waals surface area contributed by atoms with Gasteiger partial charge in [-0.2, -0.15) is 0 Å². The molecule has 0 heterocycles. The molecule has 2 bridgehead atoms. The summed E-state index contributed by atoms with van der Waals surface area (Å²) in [4.78, 5) is 16.5. The lowest BCUT2D eigenvalue weighted by atomic mass is 10.2. The van der Waals surface area contributed by atoms with E-state index in [4.69, 9.17) is 40.1 Å². The summed E-state index contributed by atoms with van der Waals surface area (Å²) in [6, 6.07) is 17.4. The first-order valence-corrected chi connectivity index (χ1v) is 13.7. The molecule has 33 heavy (non-hydrogen) atoms. The lowest BCUT2D eigenvalue weighted by Gasteiger charge is -2.00. The maximum absolute atomic E-state index is 8.25. The number of halogens is 2. The third kappa shape index (κ3) is 8.68. The van der Waals surface area contributed by atoms with E-state index in [0.29, 0.717) is 11.8 Å². The molecule has 0 fully saturated rings. The Morgan fingerprint density at radius 2 is 1.00 bits per heavy atom. The first kappa shape index (κ1) is 26.6. The molecule has 0 spiro atoms. The molecule has 2 aliphatic carbocycles. The molecule has 2 aromatic carbocycles. The number of benzene rings is 2. The molecule has 10 nitrogen and oxygen atoms in total. The van der Waals surface area contributed by atoms with Crippen molar-refractivity contribution in [1.82, 2.24) is 0 Å². The van der Waals surface area contributed by atoms with E-state index in [1.165, 1.54) is 13.6 Å².